The van der Waals surface area contributed by atoms with Crippen molar-refractivity contribution in [2.45, 2.75) is 58.4 Å². The number of anilines is 1. The second-order valence-electron chi connectivity index (χ2n) is 5.17. The SMILES string of the molecule is CCCCCCCC(C)Nc1ccc([N+](=O)[O-])cc1F. The lowest BCUT2D eigenvalue weighted by atomic mass is 10.1. The van der Waals surface area contributed by atoms with E-state index in [-0.39, 0.29) is 11.7 Å². The highest BCUT2D eigenvalue weighted by Crippen LogP contribution is 2.22. The molecule has 0 aliphatic carbocycles. The van der Waals surface area contributed by atoms with Crippen LogP contribution < -0.4 is 5.32 Å². The maximum absolute atomic E-state index is 13.7. The van der Waals surface area contributed by atoms with Gasteiger partial charge in [0.2, 0.25) is 0 Å². The van der Waals surface area contributed by atoms with Crippen molar-refractivity contribution in [1.82, 2.24) is 0 Å². The Bertz CT molecular complexity index is 438. The second-order valence-corrected chi connectivity index (χ2v) is 5.17. The topological polar surface area (TPSA) is 55.2 Å². The zero-order chi connectivity index (χ0) is 15.0. The van der Waals surface area contributed by atoms with Crippen LogP contribution in [0.5, 0.6) is 0 Å². The van der Waals surface area contributed by atoms with Gasteiger partial charge in [0.15, 0.2) is 5.82 Å². The molecule has 4 nitrogen and oxygen atoms in total. The van der Waals surface area contributed by atoms with Crippen LogP contribution in [0.15, 0.2) is 18.2 Å². The molecule has 1 N–H and O–H groups in total. The summed E-state index contributed by atoms with van der Waals surface area (Å²) in [5.41, 5.74) is 0.108. The van der Waals surface area contributed by atoms with Gasteiger partial charge in [-0.25, -0.2) is 4.39 Å². The molecule has 1 atom stereocenters. The Kier molecular flexibility index (Phi) is 6.98. The van der Waals surface area contributed by atoms with Crippen LogP contribution in [-0.2, 0) is 0 Å². The zero-order valence-corrected chi connectivity index (χ0v) is 12.2. The minimum absolute atomic E-state index is 0.160. The van der Waals surface area contributed by atoms with Gasteiger partial charge >= 0.3 is 0 Å². The van der Waals surface area contributed by atoms with Crippen molar-refractivity contribution >= 4 is 11.4 Å². The van der Waals surface area contributed by atoms with Crippen LogP contribution in [0.25, 0.3) is 0 Å². The van der Waals surface area contributed by atoms with Crippen molar-refractivity contribution in [2.75, 3.05) is 5.32 Å². The number of unbranched alkanes of at least 4 members (excludes halogenated alkanes) is 4. The first kappa shape index (κ1) is 16.4. The maximum Gasteiger partial charge on any atom is 0.272 e. The minimum atomic E-state index is -0.593. The third kappa shape index (κ3) is 5.55. The standard InChI is InChI=1S/C15H23FN2O2/c1-3-4-5-6-7-8-12(2)17-15-10-9-13(18(19)20)11-14(15)16/h9-12,17H,3-8H2,1-2H3. The van der Waals surface area contributed by atoms with E-state index in [1.54, 1.807) is 0 Å². The highest BCUT2D eigenvalue weighted by molar-refractivity contribution is 5.50. The van der Waals surface area contributed by atoms with Gasteiger partial charge < -0.3 is 5.32 Å². The highest BCUT2D eigenvalue weighted by atomic mass is 19.1. The minimum Gasteiger partial charge on any atom is -0.380 e. The number of hydrogen-bond donors (Lipinski definition) is 1. The molecule has 20 heavy (non-hydrogen) atoms. The average molecular weight is 282 g/mol. The first-order valence-corrected chi connectivity index (χ1v) is 7.25. The van der Waals surface area contributed by atoms with Crippen LogP contribution in [0.4, 0.5) is 15.8 Å². The molecular weight excluding hydrogens is 259 g/mol. The summed E-state index contributed by atoms with van der Waals surface area (Å²) in [4.78, 5) is 9.94. The molecule has 0 radical (unpaired) electrons. The van der Waals surface area contributed by atoms with Gasteiger partial charge in [-0.05, 0) is 19.4 Å². The molecule has 0 spiro atoms. The van der Waals surface area contributed by atoms with Gasteiger partial charge in [0, 0.05) is 12.1 Å². The van der Waals surface area contributed by atoms with Crippen molar-refractivity contribution < 1.29 is 9.31 Å². The van der Waals surface area contributed by atoms with Crippen molar-refractivity contribution in [2.24, 2.45) is 0 Å². The molecule has 1 rings (SSSR count). The Morgan fingerprint density at radius 2 is 2.00 bits per heavy atom. The second kappa shape index (κ2) is 8.51. The quantitative estimate of drug-likeness (QED) is 0.398. The van der Waals surface area contributed by atoms with Crippen molar-refractivity contribution in [3.05, 3.63) is 34.1 Å². The van der Waals surface area contributed by atoms with Gasteiger partial charge in [0.25, 0.3) is 5.69 Å². The summed E-state index contributed by atoms with van der Waals surface area (Å²) in [6.45, 7) is 4.18. The van der Waals surface area contributed by atoms with Crippen molar-refractivity contribution in [3.8, 4) is 0 Å². The summed E-state index contributed by atoms with van der Waals surface area (Å²) < 4.78 is 13.7. The van der Waals surface area contributed by atoms with E-state index < -0.39 is 10.7 Å². The molecule has 0 amide bonds. The highest BCUT2D eigenvalue weighted by Gasteiger charge is 2.12. The molecule has 5 heteroatoms. The predicted molar refractivity (Wildman–Crippen MR) is 79.5 cm³/mol. The number of hydrogen-bond acceptors (Lipinski definition) is 3. The molecule has 0 saturated heterocycles. The summed E-state index contributed by atoms with van der Waals surface area (Å²) in [5.74, 6) is -0.572. The Balaban J connectivity index is 2.41. The number of nitrogens with zero attached hydrogens (tertiary/aromatic N) is 1. The number of benzene rings is 1. The van der Waals surface area contributed by atoms with Gasteiger partial charge in [-0.1, -0.05) is 39.0 Å². The number of non-ortho nitro benzene ring substituents is 1. The fourth-order valence-corrected chi connectivity index (χ4v) is 2.13. The molecule has 0 aliphatic heterocycles. The lowest BCUT2D eigenvalue weighted by Gasteiger charge is -2.15. The third-order valence-corrected chi connectivity index (χ3v) is 3.31. The molecule has 1 aromatic carbocycles. The van der Waals surface area contributed by atoms with Crippen LogP contribution >= 0.6 is 0 Å². The summed E-state index contributed by atoms with van der Waals surface area (Å²) in [6.07, 6.45) is 7.02. The molecule has 112 valence electrons. The smallest absolute Gasteiger partial charge is 0.272 e. The zero-order valence-electron chi connectivity index (χ0n) is 12.2. The molecule has 0 aromatic heterocycles. The van der Waals surface area contributed by atoms with Gasteiger partial charge in [-0.3, -0.25) is 10.1 Å². The number of nitrogens with one attached hydrogen (secondary N) is 1. The Morgan fingerprint density at radius 3 is 2.60 bits per heavy atom. The van der Waals surface area contributed by atoms with E-state index in [9.17, 15) is 14.5 Å². The molecule has 0 aliphatic rings. The van der Waals surface area contributed by atoms with E-state index in [0.717, 1.165) is 18.9 Å². The van der Waals surface area contributed by atoms with Crippen LogP contribution in [0.2, 0.25) is 0 Å². The molecular formula is C15H23FN2O2. The molecule has 1 aromatic rings. The number of halogens is 1. The largest absolute Gasteiger partial charge is 0.380 e. The van der Waals surface area contributed by atoms with E-state index in [2.05, 4.69) is 12.2 Å². The molecule has 1 unspecified atom stereocenters. The summed E-state index contributed by atoms with van der Waals surface area (Å²) in [6, 6.07) is 3.86. The lowest BCUT2D eigenvalue weighted by Crippen LogP contribution is -2.15. The van der Waals surface area contributed by atoms with Gasteiger partial charge in [0.1, 0.15) is 0 Å². The van der Waals surface area contributed by atoms with Crippen LogP contribution in [0, 0.1) is 15.9 Å². The summed E-state index contributed by atoms with van der Waals surface area (Å²) >= 11 is 0. The Labute approximate surface area is 119 Å². The monoisotopic (exact) mass is 282 g/mol. The maximum atomic E-state index is 13.7. The predicted octanol–water partition coefficient (Wildman–Crippen LogP) is 4.89. The van der Waals surface area contributed by atoms with E-state index in [1.165, 1.54) is 37.8 Å². The normalized spacial score (nSPS) is 12.2. The van der Waals surface area contributed by atoms with Crippen molar-refractivity contribution in [3.63, 3.8) is 0 Å². The summed E-state index contributed by atoms with van der Waals surface area (Å²) in [7, 11) is 0. The lowest BCUT2D eigenvalue weighted by molar-refractivity contribution is -0.385. The van der Waals surface area contributed by atoms with E-state index in [0.29, 0.717) is 5.69 Å². The van der Waals surface area contributed by atoms with Crippen LogP contribution in [0.1, 0.15) is 52.4 Å². The van der Waals surface area contributed by atoms with E-state index in [1.807, 2.05) is 6.92 Å². The first-order valence-electron chi connectivity index (χ1n) is 7.25. The first-order chi connectivity index (χ1) is 9.54. The third-order valence-electron chi connectivity index (χ3n) is 3.31. The van der Waals surface area contributed by atoms with Crippen LogP contribution in [-0.4, -0.2) is 11.0 Å². The summed E-state index contributed by atoms with van der Waals surface area (Å²) in [5, 5.41) is 13.6. The van der Waals surface area contributed by atoms with Gasteiger partial charge in [-0.2, -0.15) is 0 Å². The number of nitro groups is 1. The van der Waals surface area contributed by atoms with Crippen LogP contribution in [0.3, 0.4) is 0 Å². The van der Waals surface area contributed by atoms with Gasteiger partial charge in [-0.15, -0.1) is 0 Å². The molecule has 0 bridgehead atoms. The van der Waals surface area contributed by atoms with E-state index in [4.69, 9.17) is 0 Å². The van der Waals surface area contributed by atoms with E-state index >= 15 is 0 Å². The number of nitro benzene ring substituents is 1. The Morgan fingerprint density at radius 1 is 1.30 bits per heavy atom. The average Bonchev–Trinajstić information content (AvgIpc) is 2.40. The molecule has 0 heterocycles. The Hall–Kier alpha value is -1.65. The molecule has 0 fully saturated rings. The van der Waals surface area contributed by atoms with Crippen molar-refractivity contribution in [1.29, 1.82) is 0 Å². The van der Waals surface area contributed by atoms with Gasteiger partial charge in [0.05, 0.1) is 16.7 Å². The molecule has 0 saturated carbocycles. The fraction of sp³-hybridized carbons (Fsp3) is 0.600. The number of rotatable bonds is 9. The fourth-order valence-electron chi connectivity index (χ4n) is 2.13.